The molecule has 0 radical (unpaired) electrons. The van der Waals surface area contributed by atoms with Gasteiger partial charge in [0.1, 0.15) is 5.82 Å². The van der Waals surface area contributed by atoms with Gasteiger partial charge in [0, 0.05) is 20.5 Å². The summed E-state index contributed by atoms with van der Waals surface area (Å²) in [5, 5.41) is 0. The normalized spacial score (nSPS) is 10.7. The number of carbonyl (C=O) groups excluding carboxylic acids is 2. The van der Waals surface area contributed by atoms with E-state index in [4.69, 9.17) is 0 Å². The van der Waals surface area contributed by atoms with Crippen LogP contribution in [0, 0.1) is 5.82 Å². The standard InChI is InChI=1S/C16H23FN2O2/c1-4-9-19(12-16(21)18(2)3)11-15(20)10-13-5-7-14(17)8-6-13/h5-8H,4,9-12H2,1-3H3. The molecule has 0 spiro atoms. The Bertz CT molecular complexity index is 472. The van der Waals surface area contributed by atoms with E-state index < -0.39 is 0 Å². The average molecular weight is 294 g/mol. The first kappa shape index (κ1) is 17.3. The molecule has 0 atom stereocenters. The van der Waals surface area contributed by atoms with E-state index in [9.17, 15) is 14.0 Å². The molecule has 0 saturated carbocycles. The molecule has 4 nitrogen and oxygen atoms in total. The molecule has 0 fully saturated rings. The Hall–Kier alpha value is -1.75. The monoisotopic (exact) mass is 294 g/mol. The van der Waals surface area contributed by atoms with E-state index in [2.05, 4.69) is 0 Å². The Kier molecular flexibility index (Phi) is 7.02. The van der Waals surface area contributed by atoms with Gasteiger partial charge < -0.3 is 4.90 Å². The molecular weight excluding hydrogens is 271 g/mol. The summed E-state index contributed by atoms with van der Waals surface area (Å²) in [5.74, 6) is -0.296. The summed E-state index contributed by atoms with van der Waals surface area (Å²) in [6.07, 6.45) is 1.14. The lowest BCUT2D eigenvalue weighted by molar-refractivity contribution is -0.130. The summed E-state index contributed by atoms with van der Waals surface area (Å²) in [5.41, 5.74) is 0.789. The molecule has 0 aliphatic carbocycles. The number of nitrogens with zero attached hydrogens (tertiary/aromatic N) is 2. The SMILES string of the molecule is CCCN(CC(=O)Cc1ccc(F)cc1)CC(=O)N(C)C. The molecule has 0 saturated heterocycles. The summed E-state index contributed by atoms with van der Waals surface area (Å²) in [7, 11) is 3.40. The second kappa shape index (κ2) is 8.52. The van der Waals surface area contributed by atoms with E-state index in [0.717, 1.165) is 12.0 Å². The fourth-order valence-corrected chi connectivity index (χ4v) is 2.00. The molecule has 1 rings (SSSR count). The number of Topliss-reactive ketones (excluding diaryl/α,β-unsaturated/α-hetero) is 1. The zero-order chi connectivity index (χ0) is 15.8. The van der Waals surface area contributed by atoms with Gasteiger partial charge in [0.2, 0.25) is 5.91 Å². The summed E-state index contributed by atoms with van der Waals surface area (Å²) in [6.45, 7) is 3.20. The van der Waals surface area contributed by atoms with Crippen LogP contribution < -0.4 is 0 Å². The van der Waals surface area contributed by atoms with Crippen molar-refractivity contribution in [3.05, 3.63) is 35.6 Å². The highest BCUT2D eigenvalue weighted by Crippen LogP contribution is 2.05. The van der Waals surface area contributed by atoms with Crippen LogP contribution in [0.1, 0.15) is 18.9 Å². The second-order valence-corrected chi connectivity index (χ2v) is 5.34. The highest BCUT2D eigenvalue weighted by molar-refractivity contribution is 5.84. The number of amides is 1. The van der Waals surface area contributed by atoms with Gasteiger partial charge in [0.25, 0.3) is 0 Å². The van der Waals surface area contributed by atoms with Gasteiger partial charge in [-0.15, -0.1) is 0 Å². The van der Waals surface area contributed by atoms with Crippen molar-refractivity contribution in [2.75, 3.05) is 33.7 Å². The van der Waals surface area contributed by atoms with Crippen molar-refractivity contribution < 1.29 is 14.0 Å². The van der Waals surface area contributed by atoms with Crippen LogP contribution in [0.4, 0.5) is 4.39 Å². The second-order valence-electron chi connectivity index (χ2n) is 5.34. The Morgan fingerprint density at radius 3 is 2.24 bits per heavy atom. The molecule has 0 bridgehead atoms. The molecular formula is C16H23FN2O2. The quantitative estimate of drug-likeness (QED) is 0.733. The highest BCUT2D eigenvalue weighted by atomic mass is 19.1. The van der Waals surface area contributed by atoms with E-state index >= 15 is 0 Å². The van der Waals surface area contributed by atoms with E-state index in [-0.39, 0.29) is 37.0 Å². The number of halogens is 1. The largest absolute Gasteiger partial charge is 0.348 e. The van der Waals surface area contributed by atoms with Gasteiger partial charge in [0.15, 0.2) is 5.78 Å². The molecule has 0 aliphatic rings. The number of carbonyl (C=O) groups is 2. The first-order chi connectivity index (χ1) is 9.92. The van der Waals surface area contributed by atoms with Crippen LogP contribution in [0.25, 0.3) is 0 Å². The molecule has 1 amide bonds. The van der Waals surface area contributed by atoms with Gasteiger partial charge in [-0.25, -0.2) is 4.39 Å². The fourth-order valence-electron chi connectivity index (χ4n) is 2.00. The van der Waals surface area contributed by atoms with Gasteiger partial charge >= 0.3 is 0 Å². The van der Waals surface area contributed by atoms with E-state index in [1.807, 2.05) is 11.8 Å². The van der Waals surface area contributed by atoms with Gasteiger partial charge in [-0.05, 0) is 30.7 Å². The molecule has 116 valence electrons. The highest BCUT2D eigenvalue weighted by Gasteiger charge is 2.15. The van der Waals surface area contributed by atoms with Crippen LogP contribution >= 0.6 is 0 Å². The number of hydrogen-bond donors (Lipinski definition) is 0. The van der Waals surface area contributed by atoms with Crippen LogP contribution in [0.3, 0.4) is 0 Å². The summed E-state index contributed by atoms with van der Waals surface area (Å²) >= 11 is 0. The lowest BCUT2D eigenvalue weighted by atomic mass is 10.1. The smallest absolute Gasteiger partial charge is 0.236 e. The third-order valence-electron chi connectivity index (χ3n) is 3.11. The van der Waals surface area contributed by atoms with Crippen LogP contribution in [0.2, 0.25) is 0 Å². The molecule has 5 heteroatoms. The van der Waals surface area contributed by atoms with Crippen molar-refractivity contribution in [3.63, 3.8) is 0 Å². The Balaban J connectivity index is 2.55. The van der Waals surface area contributed by atoms with Crippen molar-refractivity contribution in [1.29, 1.82) is 0 Å². The third kappa shape index (κ3) is 6.49. The topological polar surface area (TPSA) is 40.6 Å². The van der Waals surface area contributed by atoms with Crippen LogP contribution in [0.15, 0.2) is 24.3 Å². The van der Waals surface area contributed by atoms with Crippen LogP contribution in [-0.4, -0.2) is 55.2 Å². The predicted molar refractivity (Wildman–Crippen MR) is 80.5 cm³/mol. The van der Waals surface area contributed by atoms with Gasteiger partial charge in [-0.3, -0.25) is 14.5 Å². The van der Waals surface area contributed by atoms with Gasteiger partial charge in [-0.1, -0.05) is 19.1 Å². The van der Waals surface area contributed by atoms with Crippen molar-refractivity contribution in [3.8, 4) is 0 Å². The van der Waals surface area contributed by atoms with E-state index in [0.29, 0.717) is 6.54 Å². The van der Waals surface area contributed by atoms with E-state index in [1.54, 1.807) is 26.2 Å². The van der Waals surface area contributed by atoms with Crippen molar-refractivity contribution in [2.24, 2.45) is 0 Å². The number of hydrogen-bond acceptors (Lipinski definition) is 3. The Labute approximate surface area is 125 Å². The van der Waals surface area contributed by atoms with Crippen molar-refractivity contribution >= 4 is 11.7 Å². The first-order valence-corrected chi connectivity index (χ1v) is 7.11. The van der Waals surface area contributed by atoms with Crippen LogP contribution in [-0.2, 0) is 16.0 Å². The maximum Gasteiger partial charge on any atom is 0.236 e. The Morgan fingerprint density at radius 2 is 1.71 bits per heavy atom. The average Bonchev–Trinajstić information content (AvgIpc) is 2.41. The van der Waals surface area contributed by atoms with Gasteiger partial charge in [-0.2, -0.15) is 0 Å². The molecule has 0 aromatic heterocycles. The lowest BCUT2D eigenvalue weighted by Gasteiger charge is -2.22. The molecule has 1 aromatic rings. The van der Waals surface area contributed by atoms with Crippen molar-refractivity contribution in [1.82, 2.24) is 9.80 Å². The molecule has 0 unspecified atom stereocenters. The molecule has 0 heterocycles. The fraction of sp³-hybridized carbons (Fsp3) is 0.500. The minimum Gasteiger partial charge on any atom is -0.348 e. The maximum absolute atomic E-state index is 12.8. The predicted octanol–water partition coefficient (Wildman–Crippen LogP) is 1.74. The number of ketones is 1. The number of rotatable bonds is 8. The Morgan fingerprint density at radius 1 is 1.10 bits per heavy atom. The minimum absolute atomic E-state index is 0.0157. The lowest BCUT2D eigenvalue weighted by Crippen LogP contribution is -2.40. The summed E-state index contributed by atoms with van der Waals surface area (Å²) in [6, 6.07) is 5.93. The molecule has 0 N–H and O–H groups in total. The first-order valence-electron chi connectivity index (χ1n) is 7.11. The van der Waals surface area contributed by atoms with Gasteiger partial charge in [0.05, 0.1) is 13.1 Å². The molecule has 1 aromatic carbocycles. The molecule has 0 aliphatic heterocycles. The third-order valence-corrected chi connectivity index (χ3v) is 3.11. The number of benzene rings is 1. The zero-order valence-corrected chi connectivity index (χ0v) is 12.9. The zero-order valence-electron chi connectivity index (χ0n) is 12.9. The maximum atomic E-state index is 12.8. The molecule has 21 heavy (non-hydrogen) atoms. The van der Waals surface area contributed by atoms with E-state index in [1.165, 1.54) is 17.0 Å². The summed E-state index contributed by atoms with van der Waals surface area (Å²) in [4.78, 5) is 27.2. The van der Waals surface area contributed by atoms with Crippen molar-refractivity contribution in [2.45, 2.75) is 19.8 Å². The number of likely N-dealkylation sites (N-methyl/N-ethyl adjacent to an activating group) is 1. The summed E-state index contributed by atoms with van der Waals surface area (Å²) < 4.78 is 12.8. The van der Waals surface area contributed by atoms with Crippen LogP contribution in [0.5, 0.6) is 0 Å². The minimum atomic E-state index is -0.310.